The molecule has 0 heterocycles. The molecule has 0 bridgehead atoms. The van der Waals surface area contributed by atoms with Gasteiger partial charge in [-0.15, -0.1) is 0 Å². The Morgan fingerprint density at radius 1 is 0.769 bits per heavy atom. The summed E-state index contributed by atoms with van der Waals surface area (Å²) in [6.07, 6.45) is 3.53. The second-order valence-corrected chi connectivity index (χ2v) is 4.57. The van der Waals surface area contributed by atoms with Crippen LogP contribution in [0.4, 0.5) is 0 Å². The van der Waals surface area contributed by atoms with Gasteiger partial charge in [0.1, 0.15) is 0 Å². The summed E-state index contributed by atoms with van der Waals surface area (Å²) in [4.78, 5) is 0. The zero-order chi connectivity index (χ0) is 9.47. The molecule has 2 rings (SSSR count). The predicted molar refractivity (Wildman–Crippen MR) is 48.2 cm³/mol. The van der Waals surface area contributed by atoms with Gasteiger partial charge in [-0.2, -0.15) is 0 Å². The number of aliphatic hydroxyl groups is 3. The van der Waals surface area contributed by atoms with Gasteiger partial charge in [0.25, 0.3) is 0 Å². The van der Waals surface area contributed by atoms with Crippen LogP contribution < -0.4 is 0 Å². The van der Waals surface area contributed by atoms with Crippen LogP contribution in [0.25, 0.3) is 0 Å². The number of hydrogen-bond acceptors (Lipinski definition) is 3. The van der Waals surface area contributed by atoms with Gasteiger partial charge in [-0.1, -0.05) is 0 Å². The average molecular weight is 186 g/mol. The molecule has 0 amide bonds. The average Bonchev–Trinajstić information content (AvgIpc) is 2.39. The van der Waals surface area contributed by atoms with E-state index >= 15 is 0 Å². The Labute approximate surface area is 78.4 Å². The lowest BCUT2D eigenvalue weighted by Gasteiger charge is -2.40. The summed E-state index contributed by atoms with van der Waals surface area (Å²) >= 11 is 0. The first-order valence-electron chi connectivity index (χ1n) is 5.19. The van der Waals surface area contributed by atoms with E-state index in [1.54, 1.807) is 0 Å². The van der Waals surface area contributed by atoms with E-state index in [0.717, 1.165) is 38.5 Å². The molecular formula is C10H18O3. The quantitative estimate of drug-likeness (QED) is 0.514. The van der Waals surface area contributed by atoms with Crippen LogP contribution in [0.15, 0.2) is 0 Å². The van der Waals surface area contributed by atoms with Crippen molar-refractivity contribution in [3.8, 4) is 0 Å². The summed E-state index contributed by atoms with van der Waals surface area (Å²) < 4.78 is 0. The normalized spacial score (nSPS) is 51.5. The summed E-state index contributed by atoms with van der Waals surface area (Å²) in [5.74, 6) is 0. The molecule has 1 spiro atoms. The maximum absolute atomic E-state index is 9.82. The van der Waals surface area contributed by atoms with Crippen LogP contribution in [0.2, 0.25) is 0 Å². The highest BCUT2D eigenvalue weighted by molar-refractivity contribution is 5.00. The number of hydrogen-bond donors (Lipinski definition) is 3. The molecule has 76 valence electrons. The van der Waals surface area contributed by atoms with Gasteiger partial charge < -0.3 is 15.3 Å². The van der Waals surface area contributed by atoms with E-state index in [9.17, 15) is 15.3 Å². The van der Waals surface area contributed by atoms with Crippen molar-refractivity contribution in [2.45, 2.75) is 56.8 Å². The summed E-state index contributed by atoms with van der Waals surface area (Å²) in [7, 11) is 0. The Morgan fingerprint density at radius 3 is 1.69 bits per heavy atom. The molecule has 0 radical (unpaired) electrons. The fraction of sp³-hybridized carbons (Fsp3) is 1.00. The molecule has 2 unspecified atom stereocenters. The molecule has 0 aliphatic heterocycles. The Kier molecular flexibility index (Phi) is 2.34. The number of aliphatic hydroxyl groups excluding tert-OH is 3. The van der Waals surface area contributed by atoms with Crippen molar-refractivity contribution in [2.24, 2.45) is 5.41 Å². The first-order chi connectivity index (χ1) is 6.15. The second kappa shape index (κ2) is 3.23. The van der Waals surface area contributed by atoms with Gasteiger partial charge in [-0.25, -0.2) is 0 Å². The largest absolute Gasteiger partial charge is 0.393 e. The molecule has 3 nitrogen and oxygen atoms in total. The third-order valence-corrected chi connectivity index (χ3v) is 3.93. The highest BCUT2D eigenvalue weighted by Crippen LogP contribution is 2.49. The zero-order valence-electron chi connectivity index (χ0n) is 7.82. The monoisotopic (exact) mass is 186 g/mol. The Bertz CT molecular complexity index is 173. The highest BCUT2D eigenvalue weighted by atomic mass is 16.3. The molecule has 2 aliphatic rings. The van der Waals surface area contributed by atoms with Crippen molar-refractivity contribution in [3.63, 3.8) is 0 Å². The zero-order valence-corrected chi connectivity index (χ0v) is 7.82. The van der Waals surface area contributed by atoms with Crippen LogP contribution >= 0.6 is 0 Å². The lowest BCUT2D eigenvalue weighted by Crippen LogP contribution is -2.43. The minimum absolute atomic E-state index is 0.217. The third-order valence-electron chi connectivity index (χ3n) is 3.93. The highest BCUT2D eigenvalue weighted by Gasteiger charge is 2.50. The molecule has 2 atom stereocenters. The topological polar surface area (TPSA) is 60.7 Å². The Hall–Kier alpha value is -0.120. The van der Waals surface area contributed by atoms with Gasteiger partial charge in [0, 0.05) is 5.41 Å². The van der Waals surface area contributed by atoms with Gasteiger partial charge in [0.2, 0.25) is 0 Å². The van der Waals surface area contributed by atoms with Crippen LogP contribution in [0.1, 0.15) is 38.5 Å². The molecule has 0 aromatic carbocycles. The summed E-state index contributed by atoms with van der Waals surface area (Å²) in [5.41, 5.74) is -0.279. The van der Waals surface area contributed by atoms with Crippen molar-refractivity contribution >= 4 is 0 Å². The van der Waals surface area contributed by atoms with Gasteiger partial charge in [-0.05, 0) is 38.5 Å². The second-order valence-electron chi connectivity index (χ2n) is 4.57. The van der Waals surface area contributed by atoms with E-state index in [2.05, 4.69) is 0 Å². The smallest absolute Gasteiger partial charge is 0.0622 e. The minimum Gasteiger partial charge on any atom is -0.393 e. The summed E-state index contributed by atoms with van der Waals surface area (Å²) in [6, 6.07) is 0. The van der Waals surface area contributed by atoms with E-state index in [1.807, 2.05) is 0 Å². The van der Waals surface area contributed by atoms with Crippen LogP contribution in [-0.4, -0.2) is 33.6 Å². The van der Waals surface area contributed by atoms with Crippen LogP contribution in [0, 0.1) is 5.41 Å². The molecule has 3 N–H and O–H groups in total. The predicted octanol–water partition coefficient (Wildman–Crippen LogP) is 0.423. The maximum atomic E-state index is 9.82. The van der Waals surface area contributed by atoms with E-state index in [1.165, 1.54) is 0 Å². The van der Waals surface area contributed by atoms with E-state index < -0.39 is 0 Å². The SMILES string of the molecule is OC1CCC2(CC1)C(O)CCC2O. The van der Waals surface area contributed by atoms with E-state index in [4.69, 9.17) is 0 Å². The van der Waals surface area contributed by atoms with Crippen LogP contribution in [-0.2, 0) is 0 Å². The van der Waals surface area contributed by atoms with Crippen molar-refractivity contribution in [2.75, 3.05) is 0 Å². The number of rotatable bonds is 0. The Balaban J connectivity index is 2.10. The minimum atomic E-state index is -0.352. The fourth-order valence-electron chi connectivity index (χ4n) is 2.92. The van der Waals surface area contributed by atoms with Crippen molar-refractivity contribution in [1.82, 2.24) is 0 Å². The standard InChI is InChI=1S/C10H18O3/c11-7-3-5-10(6-4-7)8(12)1-2-9(10)13/h7-9,11-13H,1-6H2. The first-order valence-corrected chi connectivity index (χ1v) is 5.19. The first kappa shape index (κ1) is 9.44. The molecule has 3 heteroatoms. The fourth-order valence-corrected chi connectivity index (χ4v) is 2.92. The van der Waals surface area contributed by atoms with Crippen molar-refractivity contribution < 1.29 is 15.3 Å². The van der Waals surface area contributed by atoms with Gasteiger partial charge in [0.15, 0.2) is 0 Å². The van der Waals surface area contributed by atoms with Crippen LogP contribution in [0.5, 0.6) is 0 Å². The lowest BCUT2D eigenvalue weighted by molar-refractivity contribution is -0.0694. The van der Waals surface area contributed by atoms with Crippen molar-refractivity contribution in [1.29, 1.82) is 0 Å². The third kappa shape index (κ3) is 1.39. The molecule has 13 heavy (non-hydrogen) atoms. The molecule has 2 saturated carbocycles. The van der Waals surface area contributed by atoms with Gasteiger partial charge >= 0.3 is 0 Å². The molecule has 2 fully saturated rings. The van der Waals surface area contributed by atoms with E-state index in [0.29, 0.717) is 0 Å². The summed E-state index contributed by atoms with van der Waals surface area (Å²) in [5, 5.41) is 29.0. The molecule has 0 saturated heterocycles. The van der Waals surface area contributed by atoms with E-state index in [-0.39, 0.29) is 23.7 Å². The van der Waals surface area contributed by atoms with Gasteiger partial charge in [0.05, 0.1) is 18.3 Å². The van der Waals surface area contributed by atoms with Crippen molar-refractivity contribution in [3.05, 3.63) is 0 Å². The molecule has 2 aliphatic carbocycles. The van der Waals surface area contributed by atoms with Crippen LogP contribution in [0.3, 0.4) is 0 Å². The molecule has 0 aromatic heterocycles. The van der Waals surface area contributed by atoms with Gasteiger partial charge in [-0.3, -0.25) is 0 Å². The maximum Gasteiger partial charge on any atom is 0.0622 e. The molecular weight excluding hydrogens is 168 g/mol. The Morgan fingerprint density at radius 2 is 1.23 bits per heavy atom. The lowest BCUT2D eigenvalue weighted by atomic mass is 9.69. The molecule has 0 aromatic rings. The summed E-state index contributed by atoms with van der Waals surface area (Å²) in [6.45, 7) is 0.